The number of hydrogen-bond acceptors (Lipinski definition) is 3. The number of nitrogens with zero attached hydrogens (tertiary/aromatic N) is 2. The molecule has 1 aliphatic rings. The smallest absolute Gasteiger partial charge is 0.0916 e. The lowest BCUT2D eigenvalue weighted by Gasteiger charge is -2.33. The Morgan fingerprint density at radius 2 is 1.79 bits per heavy atom. The van der Waals surface area contributed by atoms with Crippen molar-refractivity contribution in [3.8, 4) is 11.3 Å². The lowest BCUT2D eigenvalue weighted by molar-refractivity contribution is 0.0973. The van der Waals surface area contributed by atoms with Crippen LogP contribution in [0, 0.1) is 6.92 Å². The van der Waals surface area contributed by atoms with Crippen molar-refractivity contribution in [3.63, 3.8) is 0 Å². The molecule has 0 radical (unpaired) electrons. The average Bonchev–Trinajstić information content (AvgIpc) is 3.24. The molecule has 1 saturated heterocycles. The van der Waals surface area contributed by atoms with Crippen LogP contribution in [0.3, 0.4) is 0 Å². The van der Waals surface area contributed by atoms with Crippen LogP contribution in [0.25, 0.3) is 22.2 Å². The zero-order valence-electron chi connectivity index (χ0n) is 20.5. The molecule has 0 amide bonds. The summed E-state index contributed by atoms with van der Waals surface area (Å²) in [6.07, 6.45) is 3.74. The van der Waals surface area contributed by atoms with Gasteiger partial charge in [-0.1, -0.05) is 50.2 Å². The summed E-state index contributed by atoms with van der Waals surface area (Å²) in [5.74, 6) is 0.991. The van der Waals surface area contributed by atoms with Gasteiger partial charge in [0.15, 0.2) is 0 Å². The first-order valence-corrected chi connectivity index (χ1v) is 12.5. The minimum Gasteiger partial charge on any atom is -0.387 e. The molecular formula is C30H35N3O. The van der Waals surface area contributed by atoms with Gasteiger partial charge in [-0.15, -0.1) is 0 Å². The number of rotatable bonds is 6. The van der Waals surface area contributed by atoms with Gasteiger partial charge in [0.05, 0.1) is 11.8 Å². The summed E-state index contributed by atoms with van der Waals surface area (Å²) in [5, 5.41) is 12.0. The van der Waals surface area contributed by atoms with Crippen LogP contribution in [-0.2, 0) is 0 Å². The van der Waals surface area contributed by atoms with Gasteiger partial charge in [0, 0.05) is 34.9 Å². The highest BCUT2D eigenvalue weighted by Gasteiger charge is 2.24. The third-order valence-corrected chi connectivity index (χ3v) is 7.30. The van der Waals surface area contributed by atoms with Crippen molar-refractivity contribution >= 4 is 10.9 Å². The van der Waals surface area contributed by atoms with Gasteiger partial charge in [-0.2, -0.15) is 0 Å². The van der Waals surface area contributed by atoms with E-state index >= 15 is 0 Å². The lowest BCUT2D eigenvalue weighted by atomic mass is 9.87. The fourth-order valence-corrected chi connectivity index (χ4v) is 5.49. The maximum Gasteiger partial charge on any atom is 0.0916 e. The van der Waals surface area contributed by atoms with Gasteiger partial charge in [-0.3, -0.25) is 4.98 Å². The first-order valence-electron chi connectivity index (χ1n) is 12.5. The number of aryl methyl sites for hydroxylation is 1. The van der Waals surface area contributed by atoms with E-state index in [4.69, 9.17) is 0 Å². The van der Waals surface area contributed by atoms with E-state index in [1.165, 1.54) is 33.3 Å². The topological polar surface area (TPSA) is 52.2 Å². The molecule has 34 heavy (non-hydrogen) atoms. The molecule has 0 saturated carbocycles. The number of aliphatic hydroxyl groups excluding tert-OH is 1. The highest BCUT2D eigenvalue weighted by molar-refractivity contribution is 5.92. The molecule has 1 unspecified atom stereocenters. The second kappa shape index (κ2) is 9.73. The Labute approximate surface area is 202 Å². The second-order valence-electron chi connectivity index (χ2n) is 10.1. The number of fused-ring (bicyclic) bond motifs is 1. The largest absolute Gasteiger partial charge is 0.387 e. The Morgan fingerprint density at radius 1 is 1.03 bits per heavy atom. The number of aromatic nitrogens is 2. The van der Waals surface area contributed by atoms with Crippen LogP contribution in [0.4, 0.5) is 0 Å². The van der Waals surface area contributed by atoms with E-state index in [1.807, 2.05) is 43.5 Å². The molecule has 2 aromatic carbocycles. The number of pyridine rings is 1. The zero-order chi connectivity index (χ0) is 23.7. The Kier molecular flexibility index (Phi) is 6.53. The van der Waals surface area contributed by atoms with Crippen molar-refractivity contribution in [2.45, 2.75) is 51.6 Å². The number of piperidine rings is 1. The van der Waals surface area contributed by atoms with Crippen molar-refractivity contribution in [2.24, 2.45) is 0 Å². The van der Waals surface area contributed by atoms with E-state index in [-0.39, 0.29) is 0 Å². The van der Waals surface area contributed by atoms with Crippen molar-refractivity contribution in [2.75, 3.05) is 19.6 Å². The molecule has 1 aliphatic heterocycles. The molecule has 4 aromatic rings. The molecule has 4 nitrogen and oxygen atoms in total. The quantitative estimate of drug-likeness (QED) is 0.347. The lowest BCUT2D eigenvalue weighted by Crippen LogP contribution is -2.36. The van der Waals surface area contributed by atoms with Crippen LogP contribution in [0.2, 0.25) is 0 Å². The molecule has 4 heteroatoms. The Hall–Kier alpha value is -2.95. The number of H-pyrrole nitrogens is 1. The van der Waals surface area contributed by atoms with Gasteiger partial charge in [-0.25, -0.2) is 0 Å². The third-order valence-electron chi connectivity index (χ3n) is 7.30. The molecule has 1 fully saturated rings. The van der Waals surface area contributed by atoms with E-state index in [0.717, 1.165) is 37.2 Å². The maximum atomic E-state index is 10.6. The van der Waals surface area contributed by atoms with Gasteiger partial charge in [-0.05, 0) is 85.6 Å². The van der Waals surface area contributed by atoms with Crippen LogP contribution in [0.15, 0.2) is 66.9 Å². The van der Waals surface area contributed by atoms with Crippen LogP contribution < -0.4 is 0 Å². The van der Waals surface area contributed by atoms with Crippen molar-refractivity contribution in [1.82, 2.24) is 14.9 Å². The van der Waals surface area contributed by atoms with E-state index in [9.17, 15) is 5.11 Å². The minimum absolute atomic E-state index is 0.419. The summed E-state index contributed by atoms with van der Waals surface area (Å²) in [7, 11) is 0. The predicted octanol–water partition coefficient (Wildman–Crippen LogP) is 6.57. The number of β-amino-alcohol motifs (C(OH)–C–C–N with tert-alkyl or cyclic N) is 1. The molecule has 2 N–H and O–H groups in total. The Balaban J connectivity index is 1.34. The van der Waals surface area contributed by atoms with Gasteiger partial charge < -0.3 is 15.0 Å². The second-order valence-corrected chi connectivity index (χ2v) is 10.1. The number of aromatic amines is 1. The van der Waals surface area contributed by atoms with E-state index in [1.54, 1.807) is 0 Å². The molecule has 3 heterocycles. The van der Waals surface area contributed by atoms with E-state index < -0.39 is 6.10 Å². The zero-order valence-corrected chi connectivity index (χ0v) is 20.5. The van der Waals surface area contributed by atoms with E-state index in [2.05, 4.69) is 59.0 Å². The molecule has 2 aromatic heterocycles. The first kappa shape index (κ1) is 22.8. The van der Waals surface area contributed by atoms with Crippen molar-refractivity contribution in [3.05, 3.63) is 89.2 Å². The summed E-state index contributed by atoms with van der Waals surface area (Å²) in [5.41, 5.74) is 8.51. The fraction of sp³-hybridized carbons (Fsp3) is 0.367. The van der Waals surface area contributed by atoms with Crippen LogP contribution in [-0.4, -0.2) is 39.6 Å². The summed E-state index contributed by atoms with van der Waals surface area (Å²) in [6.45, 7) is 9.37. The van der Waals surface area contributed by atoms with Crippen molar-refractivity contribution < 1.29 is 5.11 Å². The summed E-state index contributed by atoms with van der Waals surface area (Å²) in [4.78, 5) is 10.5. The minimum atomic E-state index is -0.419. The SMILES string of the molecule is Cc1cc(-c2[nH]c3ccc(C4CCN(CC(O)c5ccccc5)CC4)cc3c2C(C)C)ccn1. The molecular weight excluding hydrogens is 418 g/mol. The molecule has 5 rings (SSSR count). The molecule has 0 spiro atoms. The van der Waals surface area contributed by atoms with Crippen LogP contribution in [0.5, 0.6) is 0 Å². The summed E-state index contributed by atoms with van der Waals surface area (Å²) < 4.78 is 0. The van der Waals surface area contributed by atoms with Gasteiger partial charge in [0.25, 0.3) is 0 Å². The normalized spacial score (nSPS) is 16.4. The van der Waals surface area contributed by atoms with Crippen LogP contribution >= 0.6 is 0 Å². The van der Waals surface area contributed by atoms with Crippen molar-refractivity contribution in [1.29, 1.82) is 0 Å². The van der Waals surface area contributed by atoms with Gasteiger partial charge in [0.2, 0.25) is 0 Å². The highest BCUT2D eigenvalue weighted by Crippen LogP contribution is 2.38. The molecule has 0 bridgehead atoms. The van der Waals surface area contributed by atoms with Crippen LogP contribution in [0.1, 0.15) is 67.0 Å². The number of hydrogen-bond donors (Lipinski definition) is 2. The van der Waals surface area contributed by atoms with Gasteiger partial charge in [0.1, 0.15) is 0 Å². The predicted molar refractivity (Wildman–Crippen MR) is 140 cm³/mol. The van der Waals surface area contributed by atoms with Gasteiger partial charge >= 0.3 is 0 Å². The number of likely N-dealkylation sites (tertiary alicyclic amines) is 1. The average molecular weight is 454 g/mol. The maximum absolute atomic E-state index is 10.6. The number of aliphatic hydroxyl groups is 1. The third kappa shape index (κ3) is 4.66. The number of nitrogens with one attached hydrogen (secondary N) is 1. The first-order chi connectivity index (χ1) is 16.5. The Morgan fingerprint density at radius 3 is 2.50 bits per heavy atom. The number of benzene rings is 2. The summed E-state index contributed by atoms with van der Waals surface area (Å²) >= 11 is 0. The molecule has 176 valence electrons. The Bertz CT molecular complexity index is 1250. The molecule has 1 atom stereocenters. The highest BCUT2D eigenvalue weighted by atomic mass is 16.3. The monoisotopic (exact) mass is 453 g/mol. The summed E-state index contributed by atoms with van der Waals surface area (Å²) in [6, 6.07) is 21.3. The fourth-order valence-electron chi connectivity index (χ4n) is 5.49. The molecule has 0 aliphatic carbocycles. The standard InChI is InChI=1S/C30H35N3O/c1-20(2)29-26-18-24(9-10-27(26)32-30(29)25-11-14-31-21(3)17-25)22-12-15-33(16-13-22)19-28(34)23-7-5-4-6-8-23/h4-11,14,17-18,20,22,28,32,34H,12-13,15-16,19H2,1-3H3. The van der Waals surface area contributed by atoms with E-state index in [0.29, 0.717) is 18.4 Å².